The topological polar surface area (TPSA) is 75.6 Å². The fraction of sp³-hybridized carbons (Fsp3) is 0.263. The maximum absolute atomic E-state index is 12.9. The van der Waals surface area contributed by atoms with E-state index < -0.39 is 17.9 Å². The van der Waals surface area contributed by atoms with Gasteiger partial charge in [0.15, 0.2) is 0 Å². The molecule has 5 nitrogen and oxygen atoms in total. The van der Waals surface area contributed by atoms with E-state index in [1.54, 1.807) is 6.07 Å². The Kier molecular flexibility index (Phi) is 4.97. The zero-order valence-electron chi connectivity index (χ0n) is 13.5. The Morgan fingerprint density at radius 2 is 1.92 bits per heavy atom. The number of amides is 1. The molecule has 0 saturated carbocycles. The highest BCUT2D eigenvalue weighted by molar-refractivity contribution is 5.96. The Morgan fingerprint density at radius 3 is 2.64 bits per heavy atom. The van der Waals surface area contributed by atoms with Crippen LogP contribution in [-0.2, 0) is 17.6 Å². The number of halogens is 1. The highest BCUT2D eigenvalue weighted by Gasteiger charge is 2.23. The smallest absolute Gasteiger partial charge is 0.346 e. The number of aliphatic carboxylic acids is 1. The Morgan fingerprint density at radius 1 is 1.16 bits per heavy atom. The molecule has 0 radical (unpaired) electrons. The van der Waals surface area contributed by atoms with Crippen molar-refractivity contribution < 1.29 is 23.8 Å². The quantitative estimate of drug-likeness (QED) is 0.845. The number of fused-ring (bicyclic) bond motifs is 1. The molecule has 1 atom stereocenters. The number of aryl methyl sites for hydroxylation is 1. The second-order valence-corrected chi connectivity index (χ2v) is 5.91. The molecule has 0 aliphatic heterocycles. The standard InChI is InChI=1S/C19H18FNO4/c20-13-7-9-14(10-8-13)25-17(19(23)24)11-21-18(22)16-6-2-4-12-3-1-5-15(12)16/h2,4,6-10,17H,1,3,5,11H2,(H,21,22)(H,23,24). The van der Waals surface area contributed by atoms with E-state index in [2.05, 4.69) is 5.32 Å². The lowest BCUT2D eigenvalue weighted by Crippen LogP contribution is -2.40. The normalized spacial score (nSPS) is 13.8. The number of hydrogen-bond donors (Lipinski definition) is 2. The van der Waals surface area contributed by atoms with Crippen molar-refractivity contribution in [2.24, 2.45) is 0 Å². The van der Waals surface area contributed by atoms with Crippen LogP contribution in [0.4, 0.5) is 4.39 Å². The molecule has 2 N–H and O–H groups in total. The van der Waals surface area contributed by atoms with Crippen molar-refractivity contribution in [1.82, 2.24) is 5.32 Å². The molecule has 2 aromatic rings. The highest BCUT2D eigenvalue weighted by Crippen LogP contribution is 2.25. The van der Waals surface area contributed by atoms with E-state index in [4.69, 9.17) is 4.74 Å². The van der Waals surface area contributed by atoms with Crippen LogP contribution in [0.25, 0.3) is 0 Å². The average Bonchev–Trinajstić information content (AvgIpc) is 3.08. The number of hydrogen-bond acceptors (Lipinski definition) is 3. The summed E-state index contributed by atoms with van der Waals surface area (Å²) >= 11 is 0. The monoisotopic (exact) mass is 343 g/mol. The van der Waals surface area contributed by atoms with Crippen LogP contribution in [0.2, 0.25) is 0 Å². The third-order valence-corrected chi connectivity index (χ3v) is 4.21. The molecule has 0 bridgehead atoms. The Balaban J connectivity index is 1.65. The van der Waals surface area contributed by atoms with E-state index >= 15 is 0 Å². The van der Waals surface area contributed by atoms with Gasteiger partial charge in [0.05, 0.1) is 6.54 Å². The van der Waals surface area contributed by atoms with Crippen LogP contribution >= 0.6 is 0 Å². The van der Waals surface area contributed by atoms with Crippen molar-refractivity contribution in [2.75, 3.05) is 6.54 Å². The molecule has 1 aliphatic carbocycles. The van der Waals surface area contributed by atoms with Crippen molar-refractivity contribution in [1.29, 1.82) is 0 Å². The molecule has 130 valence electrons. The predicted octanol–water partition coefficient (Wildman–Crippen LogP) is 2.58. The molecule has 0 heterocycles. The van der Waals surface area contributed by atoms with Crippen molar-refractivity contribution in [2.45, 2.75) is 25.4 Å². The van der Waals surface area contributed by atoms with Gasteiger partial charge in [0.2, 0.25) is 6.10 Å². The van der Waals surface area contributed by atoms with Gasteiger partial charge in [-0.15, -0.1) is 0 Å². The van der Waals surface area contributed by atoms with Crippen LogP contribution in [0.15, 0.2) is 42.5 Å². The van der Waals surface area contributed by atoms with Crippen LogP contribution < -0.4 is 10.1 Å². The molecule has 25 heavy (non-hydrogen) atoms. The number of carbonyl (C=O) groups is 2. The number of carbonyl (C=O) groups excluding carboxylic acids is 1. The van der Waals surface area contributed by atoms with E-state index in [0.717, 1.165) is 24.8 Å². The van der Waals surface area contributed by atoms with E-state index in [9.17, 15) is 19.1 Å². The molecule has 0 saturated heterocycles. The minimum absolute atomic E-state index is 0.185. The Labute approximate surface area is 144 Å². The molecule has 3 rings (SSSR count). The van der Waals surface area contributed by atoms with Gasteiger partial charge in [-0.1, -0.05) is 12.1 Å². The van der Waals surface area contributed by atoms with Crippen LogP contribution in [0, 0.1) is 5.82 Å². The van der Waals surface area contributed by atoms with Gasteiger partial charge in [-0.3, -0.25) is 4.79 Å². The van der Waals surface area contributed by atoms with Crippen molar-refractivity contribution >= 4 is 11.9 Å². The molecule has 1 amide bonds. The van der Waals surface area contributed by atoms with Crippen LogP contribution in [0.3, 0.4) is 0 Å². The lowest BCUT2D eigenvalue weighted by molar-refractivity contribution is -0.144. The van der Waals surface area contributed by atoms with Crippen LogP contribution in [-0.4, -0.2) is 29.6 Å². The van der Waals surface area contributed by atoms with E-state index in [0.29, 0.717) is 5.56 Å². The average molecular weight is 343 g/mol. The predicted molar refractivity (Wildman–Crippen MR) is 89.3 cm³/mol. The summed E-state index contributed by atoms with van der Waals surface area (Å²) in [5, 5.41) is 11.9. The molecular formula is C19H18FNO4. The molecule has 0 fully saturated rings. The summed E-state index contributed by atoms with van der Waals surface area (Å²) in [6, 6.07) is 10.6. The number of rotatable bonds is 6. The summed E-state index contributed by atoms with van der Waals surface area (Å²) in [5.74, 6) is -1.73. The summed E-state index contributed by atoms with van der Waals surface area (Å²) in [7, 11) is 0. The van der Waals surface area contributed by atoms with E-state index in [1.807, 2.05) is 12.1 Å². The maximum Gasteiger partial charge on any atom is 0.346 e. The van der Waals surface area contributed by atoms with Gasteiger partial charge < -0.3 is 15.2 Å². The molecule has 1 unspecified atom stereocenters. The van der Waals surface area contributed by atoms with Gasteiger partial charge in [-0.2, -0.15) is 0 Å². The molecule has 0 spiro atoms. The first-order valence-corrected chi connectivity index (χ1v) is 8.08. The maximum atomic E-state index is 12.9. The summed E-state index contributed by atoms with van der Waals surface area (Å²) in [4.78, 5) is 23.8. The van der Waals surface area contributed by atoms with E-state index in [1.165, 1.54) is 29.8 Å². The first-order valence-electron chi connectivity index (χ1n) is 8.08. The summed E-state index contributed by atoms with van der Waals surface area (Å²) in [5.41, 5.74) is 2.79. The highest BCUT2D eigenvalue weighted by atomic mass is 19.1. The fourth-order valence-electron chi connectivity index (χ4n) is 2.97. The molecule has 0 aromatic heterocycles. The van der Waals surface area contributed by atoms with Crippen molar-refractivity contribution in [3.63, 3.8) is 0 Å². The van der Waals surface area contributed by atoms with Crippen molar-refractivity contribution in [3.8, 4) is 5.75 Å². The first kappa shape index (κ1) is 17.0. The number of carboxylic acids is 1. The lowest BCUT2D eigenvalue weighted by atomic mass is 10.0. The summed E-state index contributed by atoms with van der Waals surface area (Å²) in [6.45, 7) is -0.185. The second kappa shape index (κ2) is 7.34. The lowest BCUT2D eigenvalue weighted by Gasteiger charge is -2.16. The second-order valence-electron chi connectivity index (χ2n) is 5.91. The number of benzene rings is 2. The van der Waals surface area contributed by atoms with E-state index in [-0.39, 0.29) is 18.2 Å². The third-order valence-electron chi connectivity index (χ3n) is 4.21. The summed E-state index contributed by atoms with van der Waals surface area (Å²) < 4.78 is 18.2. The number of carboxylic acid groups (broad SMARTS) is 1. The molecule has 2 aromatic carbocycles. The minimum atomic E-state index is -1.26. The van der Waals surface area contributed by atoms with Gasteiger partial charge in [0.1, 0.15) is 11.6 Å². The fourth-order valence-corrected chi connectivity index (χ4v) is 2.97. The van der Waals surface area contributed by atoms with Gasteiger partial charge in [0.25, 0.3) is 5.91 Å². The van der Waals surface area contributed by atoms with Crippen LogP contribution in [0.1, 0.15) is 27.9 Å². The zero-order valence-corrected chi connectivity index (χ0v) is 13.5. The van der Waals surface area contributed by atoms with Crippen LogP contribution in [0.5, 0.6) is 5.75 Å². The zero-order chi connectivity index (χ0) is 17.8. The van der Waals surface area contributed by atoms with Gasteiger partial charge >= 0.3 is 5.97 Å². The SMILES string of the molecule is O=C(NCC(Oc1ccc(F)cc1)C(=O)O)c1cccc2c1CCC2. The molecule has 6 heteroatoms. The van der Waals surface area contributed by atoms with Crippen molar-refractivity contribution in [3.05, 3.63) is 65.0 Å². The Bertz CT molecular complexity index is 789. The van der Waals surface area contributed by atoms with Gasteiger partial charge in [0, 0.05) is 5.56 Å². The van der Waals surface area contributed by atoms with Gasteiger partial charge in [-0.05, 0) is 60.7 Å². The summed E-state index contributed by atoms with van der Waals surface area (Å²) in [6.07, 6.45) is 1.58. The number of ether oxygens (including phenoxy) is 1. The largest absolute Gasteiger partial charge is 0.478 e. The first-order chi connectivity index (χ1) is 12.0. The van der Waals surface area contributed by atoms with Gasteiger partial charge in [-0.25, -0.2) is 9.18 Å². The number of nitrogens with one attached hydrogen (secondary N) is 1. The minimum Gasteiger partial charge on any atom is -0.478 e. The molecular weight excluding hydrogens is 325 g/mol. The molecule has 1 aliphatic rings. The Hall–Kier alpha value is -2.89. The third kappa shape index (κ3) is 3.96.